The SMILES string of the molecule is CCN(CC)CCCN1N=C2/C(=C\c3ccccc3)CCCC2C1c1ccccc1.O=C(O)/C=C\C(=O)O. The van der Waals surface area contributed by atoms with Crippen LogP contribution in [0.15, 0.2) is 83.5 Å². The van der Waals surface area contributed by atoms with Crippen LogP contribution in [0.5, 0.6) is 0 Å². The molecule has 7 heteroatoms. The zero-order chi connectivity index (χ0) is 27.3. The Balaban J connectivity index is 0.000000436. The van der Waals surface area contributed by atoms with E-state index in [0.29, 0.717) is 24.1 Å². The molecule has 0 aromatic heterocycles. The molecule has 0 bridgehead atoms. The first-order valence-electron chi connectivity index (χ1n) is 13.4. The lowest BCUT2D eigenvalue weighted by atomic mass is 9.77. The molecule has 4 rings (SSSR count). The van der Waals surface area contributed by atoms with E-state index in [-0.39, 0.29) is 0 Å². The summed E-state index contributed by atoms with van der Waals surface area (Å²) < 4.78 is 0. The van der Waals surface area contributed by atoms with Crippen molar-refractivity contribution in [1.29, 1.82) is 0 Å². The molecule has 1 fully saturated rings. The molecule has 0 amide bonds. The third kappa shape index (κ3) is 8.42. The van der Waals surface area contributed by atoms with E-state index >= 15 is 0 Å². The van der Waals surface area contributed by atoms with Crippen molar-refractivity contribution in [2.24, 2.45) is 11.0 Å². The highest BCUT2D eigenvalue weighted by Gasteiger charge is 2.40. The van der Waals surface area contributed by atoms with E-state index in [0.717, 1.165) is 39.0 Å². The maximum absolute atomic E-state index is 9.55. The van der Waals surface area contributed by atoms with E-state index in [9.17, 15) is 9.59 Å². The Morgan fingerprint density at radius 2 is 1.58 bits per heavy atom. The Hall–Kier alpha value is -3.71. The molecular formula is C31H39N3O4. The van der Waals surface area contributed by atoms with Crippen LogP contribution in [-0.2, 0) is 9.59 Å². The van der Waals surface area contributed by atoms with E-state index in [1.807, 2.05) is 0 Å². The molecule has 0 spiro atoms. The second-order valence-corrected chi connectivity index (χ2v) is 9.47. The zero-order valence-electron chi connectivity index (χ0n) is 22.4. The normalized spacial score (nSPS) is 19.7. The largest absolute Gasteiger partial charge is 0.478 e. The number of hydrazone groups is 1. The quantitative estimate of drug-likeness (QED) is 0.391. The number of hydrogen-bond acceptors (Lipinski definition) is 5. The van der Waals surface area contributed by atoms with Crippen LogP contribution in [0.2, 0.25) is 0 Å². The highest BCUT2D eigenvalue weighted by Crippen LogP contribution is 2.44. The number of carboxylic acid groups (broad SMARTS) is 2. The maximum Gasteiger partial charge on any atom is 0.328 e. The topological polar surface area (TPSA) is 93.4 Å². The van der Waals surface area contributed by atoms with Crippen LogP contribution in [0.4, 0.5) is 0 Å². The summed E-state index contributed by atoms with van der Waals surface area (Å²) >= 11 is 0. The third-order valence-corrected chi connectivity index (χ3v) is 6.99. The number of nitrogens with zero attached hydrogens (tertiary/aromatic N) is 3. The minimum atomic E-state index is -1.26. The standard InChI is InChI=1S/C27H35N3.C4H4O4/c1-3-29(4-2)19-12-20-30-27(23-15-9-6-10-16-23)25-18-11-17-24(26(25)28-30)21-22-13-7-5-8-14-22;5-3(6)1-2-4(7)8/h5-10,13-16,21,25,27H,3-4,11-12,17-20H2,1-2H3;1-2H,(H,5,6)(H,7,8)/b24-21-;2-1-. The number of fused-ring (bicyclic) bond motifs is 1. The Bertz CT molecular complexity index is 1110. The number of carbonyl (C=O) groups is 2. The summed E-state index contributed by atoms with van der Waals surface area (Å²) in [5, 5.41) is 23.3. The third-order valence-electron chi connectivity index (χ3n) is 6.99. The van der Waals surface area contributed by atoms with Gasteiger partial charge in [0.15, 0.2) is 0 Å². The first-order chi connectivity index (χ1) is 18.4. The monoisotopic (exact) mass is 517 g/mol. The number of allylic oxidation sites excluding steroid dienone is 1. The molecule has 0 saturated heterocycles. The van der Waals surface area contributed by atoms with Crippen molar-refractivity contribution in [3.05, 3.63) is 89.5 Å². The second kappa shape index (κ2) is 14.9. The summed E-state index contributed by atoms with van der Waals surface area (Å²) in [7, 11) is 0. The van der Waals surface area contributed by atoms with Crippen molar-refractivity contribution in [2.75, 3.05) is 26.2 Å². The molecule has 1 aliphatic heterocycles. The van der Waals surface area contributed by atoms with Crippen LogP contribution in [0.25, 0.3) is 6.08 Å². The maximum atomic E-state index is 9.55. The number of rotatable bonds is 10. The molecule has 202 valence electrons. The summed E-state index contributed by atoms with van der Waals surface area (Å²) in [6, 6.07) is 22.1. The summed E-state index contributed by atoms with van der Waals surface area (Å²) in [6.07, 6.45) is 8.26. The lowest BCUT2D eigenvalue weighted by Crippen LogP contribution is -2.31. The van der Waals surface area contributed by atoms with E-state index < -0.39 is 11.9 Å². The molecular weight excluding hydrogens is 478 g/mol. The lowest BCUT2D eigenvalue weighted by molar-refractivity contribution is -0.134. The van der Waals surface area contributed by atoms with Gasteiger partial charge in [-0.15, -0.1) is 0 Å². The number of hydrogen-bond donors (Lipinski definition) is 2. The van der Waals surface area contributed by atoms with Crippen molar-refractivity contribution < 1.29 is 19.8 Å². The Morgan fingerprint density at radius 1 is 0.974 bits per heavy atom. The van der Waals surface area contributed by atoms with Crippen LogP contribution in [-0.4, -0.2) is 64.0 Å². The van der Waals surface area contributed by atoms with Crippen LogP contribution in [0, 0.1) is 5.92 Å². The van der Waals surface area contributed by atoms with Crippen molar-refractivity contribution in [1.82, 2.24) is 9.91 Å². The van der Waals surface area contributed by atoms with Crippen LogP contribution in [0.3, 0.4) is 0 Å². The molecule has 1 aliphatic carbocycles. The van der Waals surface area contributed by atoms with Gasteiger partial charge in [-0.1, -0.05) is 74.5 Å². The fourth-order valence-corrected chi connectivity index (χ4v) is 5.15. The molecule has 2 unspecified atom stereocenters. The van der Waals surface area contributed by atoms with Gasteiger partial charge in [-0.2, -0.15) is 5.10 Å². The molecule has 38 heavy (non-hydrogen) atoms. The van der Waals surface area contributed by atoms with Gasteiger partial charge in [0.05, 0.1) is 11.8 Å². The minimum absolute atomic E-state index is 0.373. The van der Waals surface area contributed by atoms with Gasteiger partial charge >= 0.3 is 11.9 Å². The highest BCUT2D eigenvalue weighted by atomic mass is 16.4. The van der Waals surface area contributed by atoms with Gasteiger partial charge < -0.3 is 15.1 Å². The van der Waals surface area contributed by atoms with Crippen molar-refractivity contribution in [3.63, 3.8) is 0 Å². The molecule has 1 heterocycles. The van der Waals surface area contributed by atoms with Gasteiger partial charge in [0.1, 0.15) is 0 Å². The molecule has 2 N–H and O–H groups in total. The lowest BCUT2D eigenvalue weighted by Gasteiger charge is -2.31. The fraction of sp³-hybridized carbons (Fsp3) is 0.387. The fourth-order valence-electron chi connectivity index (χ4n) is 5.15. The Kier molecular flexibility index (Phi) is 11.3. The summed E-state index contributed by atoms with van der Waals surface area (Å²) in [5.74, 6) is -2.01. The van der Waals surface area contributed by atoms with E-state index in [1.165, 1.54) is 35.3 Å². The van der Waals surface area contributed by atoms with Crippen LogP contribution >= 0.6 is 0 Å². The van der Waals surface area contributed by atoms with E-state index in [1.54, 1.807) is 0 Å². The molecule has 2 aromatic carbocycles. The van der Waals surface area contributed by atoms with Crippen LogP contribution < -0.4 is 0 Å². The molecule has 2 aromatic rings. The molecule has 2 aliphatic rings. The molecule has 2 atom stereocenters. The smallest absolute Gasteiger partial charge is 0.328 e. The first kappa shape index (κ1) is 28.9. The van der Waals surface area contributed by atoms with Crippen LogP contribution in [0.1, 0.15) is 56.7 Å². The van der Waals surface area contributed by atoms with Crippen molar-refractivity contribution in [2.45, 2.75) is 45.6 Å². The van der Waals surface area contributed by atoms with Gasteiger partial charge in [0.25, 0.3) is 0 Å². The summed E-state index contributed by atoms with van der Waals surface area (Å²) in [6.45, 7) is 8.92. The van der Waals surface area contributed by atoms with Gasteiger partial charge in [0, 0.05) is 24.6 Å². The second-order valence-electron chi connectivity index (χ2n) is 9.47. The number of carboxylic acids is 2. The van der Waals surface area contributed by atoms with Crippen molar-refractivity contribution in [3.8, 4) is 0 Å². The van der Waals surface area contributed by atoms with Gasteiger partial charge in [-0.25, -0.2) is 9.59 Å². The minimum Gasteiger partial charge on any atom is -0.478 e. The molecule has 1 saturated carbocycles. The molecule has 7 nitrogen and oxygen atoms in total. The average Bonchev–Trinajstić information content (AvgIpc) is 3.31. The highest BCUT2D eigenvalue weighted by molar-refractivity contribution is 6.07. The Morgan fingerprint density at radius 3 is 2.16 bits per heavy atom. The average molecular weight is 518 g/mol. The van der Waals surface area contributed by atoms with Crippen molar-refractivity contribution >= 4 is 23.7 Å². The predicted molar refractivity (Wildman–Crippen MR) is 152 cm³/mol. The number of benzene rings is 2. The van der Waals surface area contributed by atoms with E-state index in [4.69, 9.17) is 15.3 Å². The predicted octanol–water partition coefficient (Wildman–Crippen LogP) is 5.73. The summed E-state index contributed by atoms with van der Waals surface area (Å²) in [4.78, 5) is 21.6. The van der Waals surface area contributed by atoms with Gasteiger partial charge in [0.2, 0.25) is 0 Å². The van der Waals surface area contributed by atoms with Gasteiger partial charge in [-0.3, -0.25) is 5.01 Å². The molecule has 0 radical (unpaired) electrons. The first-order valence-corrected chi connectivity index (χ1v) is 13.4. The zero-order valence-corrected chi connectivity index (χ0v) is 22.4. The van der Waals surface area contributed by atoms with Gasteiger partial charge in [-0.05, 0) is 68.1 Å². The van der Waals surface area contributed by atoms with E-state index in [2.05, 4.69) is 90.5 Å². The number of aliphatic carboxylic acids is 2. The summed E-state index contributed by atoms with van der Waals surface area (Å²) in [5.41, 5.74) is 5.46. The Labute approximate surface area is 225 Å².